The smallest absolute Gasteiger partial charge is 0.172 e. The lowest BCUT2D eigenvalue weighted by atomic mass is 10.0. The van der Waals surface area contributed by atoms with Gasteiger partial charge in [-0.1, -0.05) is 25.1 Å². The molecule has 1 aromatic carbocycles. The van der Waals surface area contributed by atoms with Crippen LogP contribution in [-0.4, -0.2) is 17.2 Å². The van der Waals surface area contributed by atoms with E-state index in [4.69, 9.17) is 17.0 Å². The van der Waals surface area contributed by atoms with Crippen LogP contribution >= 0.6 is 12.2 Å². The molecule has 0 aliphatic rings. The van der Waals surface area contributed by atoms with Crippen molar-refractivity contribution in [1.29, 1.82) is 0 Å². The Bertz CT molecular complexity index is 628. The summed E-state index contributed by atoms with van der Waals surface area (Å²) in [5, 5.41) is 7.06. The Morgan fingerprint density at radius 3 is 2.59 bits per heavy atom. The number of rotatable bonds is 5. The van der Waals surface area contributed by atoms with Crippen molar-refractivity contribution in [3.63, 3.8) is 0 Å². The van der Waals surface area contributed by atoms with Gasteiger partial charge < -0.3 is 15.4 Å². The van der Waals surface area contributed by atoms with Gasteiger partial charge in [0, 0.05) is 6.20 Å². The first-order valence-corrected chi connectivity index (χ1v) is 7.68. The Morgan fingerprint density at radius 1 is 1.27 bits per heavy atom. The zero-order valence-corrected chi connectivity index (χ0v) is 13.9. The molecule has 22 heavy (non-hydrogen) atoms. The van der Waals surface area contributed by atoms with Crippen LogP contribution in [0, 0.1) is 6.92 Å². The number of hydrogen-bond acceptors (Lipinski definition) is 3. The van der Waals surface area contributed by atoms with Gasteiger partial charge >= 0.3 is 0 Å². The summed E-state index contributed by atoms with van der Waals surface area (Å²) in [5.74, 6) is 1.63. The van der Waals surface area contributed by atoms with E-state index in [1.54, 1.807) is 13.3 Å². The van der Waals surface area contributed by atoms with E-state index in [2.05, 4.69) is 34.7 Å². The SMILES string of the molecule is CCC(NC(=S)Nc1ncccc1C)c1ccc(OC)cc1. The summed E-state index contributed by atoms with van der Waals surface area (Å²) >= 11 is 5.40. The molecule has 0 saturated heterocycles. The Labute approximate surface area is 136 Å². The predicted molar refractivity (Wildman–Crippen MR) is 94.4 cm³/mol. The molecule has 4 nitrogen and oxygen atoms in total. The maximum Gasteiger partial charge on any atom is 0.172 e. The van der Waals surface area contributed by atoms with Crippen molar-refractivity contribution in [2.45, 2.75) is 26.3 Å². The number of benzene rings is 1. The van der Waals surface area contributed by atoms with Crippen LogP contribution in [0.2, 0.25) is 0 Å². The molecule has 1 heterocycles. The van der Waals surface area contributed by atoms with Crippen LogP contribution in [0.15, 0.2) is 42.6 Å². The minimum atomic E-state index is 0.148. The third-order valence-electron chi connectivity index (χ3n) is 3.47. The van der Waals surface area contributed by atoms with E-state index in [0.29, 0.717) is 5.11 Å². The Hall–Kier alpha value is -2.14. The minimum Gasteiger partial charge on any atom is -0.497 e. The van der Waals surface area contributed by atoms with Gasteiger partial charge in [-0.3, -0.25) is 0 Å². The van der Waals surface area contributed by atoms with Crippen molar-refractivity contribution >= 4 is 23.1 Å². The highest BCUT2D eigenvalue weighted by molar-refractivity contribution is 7.80. The first kappa shape index (κ1) is 16.2. The van der Waals surface area contributed by atoms with Crippen molar-refractivity contribution in [3.05, 3.63) is 53.7 Å². The number of aryl methyl sites for hydroxylation is 1. The molecule has 2 rings (SSSR count). The molecule has 1 unspecified atom stereocenters. The average molecular weight is 315 g/mol. The summed E-state index contributed by atoms with van der Waals surface area (Å²) in [6.07, 6.45) is 2.67. The fourth-order valence-electron chi connectivity index (χ4n) is 2.18. The molecule has 0 amide bonds. The monoisotopic (exact) mass is 315 g/mol. The molecule has 0 aliphatic heterocycles. The van der Waals surface area contributed by atoms with Gasteiger partial charge in [-0.05, 0) is 54.9 Å². The number of pyridine rings is 1. The molecule has 0 fully saturated rings. The van der Waals surface area contributed by atoms with Crippen molar-refractivity contribution in [2.75, 3.05) is 12.4 Å². The van der Waals surface area contributed by atoms with Crippen LogP contribution < -0.4 is 15.4 Å². The van der Waals surface area contributed by atoms with Gasteiger partial charge in [0.05, 0.1) is 13.2 Å². The summed E-state index contributed by atoms with van der Waals surface area (Å²) < 4.78 is 5.19. The van der Waals surface area contributed by atoms with Crippen LogP contribution in [0.1, 0.15) is 30.5 Å². The van der Waals surface area contributed by atoms with Crippen LogP contribution in [0.3, 0.4) is 0 Å². The molecule has 2 aromatic rings. The molecule has 1 aromatic heterocycles. The fraction of sp³-hybridized carbons (Fsp3) is 0.294. The molecule has 0 spiro atoms. The zero-order chi connectivity index (χ0) is 15.9. The maximum atomic E-state index is 5.40. The summed E-state index contributed by atoms with van der Waals surface area (Å²) in [6, 6.07) is 12.1. The summed E-state index contributed by atoms with van der Waals surface area (Å²) in [4.78, 5) is 4.29. The number of nitrogens with zero attached hydrogens (tertiary/aromatic N) is 1. The lowest BCUT2D eigenvalue weighted by Gasteiger charge is -2.20. The molecule has 1 atom stereocenters. The van der Waals surface area contributed by atoms with E-state index in [-0.39, 0.29) is 6.04 Å². The highest BCUT2D eigenvalue weighted by atomic mass is 32.1. The Morgan fingerprint density at radius 2 is 2.00 bits per heavy atom. The quantitative estimate of drug-likeness (QED) is 0.821. The molecular formula is C17H21N3OS. The molecule has 0 aliphatic carbocycles. The van der Waals surface area contributed by atoms with Crippen LogP contribution in [0.4, 0.5) is 5.82 Å². The van der Waals surface area contributed by atoms with Crippen molar-refractivity contribution in [1.82, 2.24) is 10.3 Å². The van der Waals surface area contributed by atoms with E-state index in [1.165, 1.54) is 5.56 Å². The van der Waals surface area contributed by atoms with Gasteiger partial charge in [0.15, 0.2) is 5.11 Å². The number of methoxy groups -OCH3 is 1. The van der Waals surface area contributed by atoms with E-state index >= 15 is 0 Å². The van der Waals surface area contributed by atoms with Gasteiger partial charge in [-0.25, -0.2) is 4.98 Å². The molecular weight excluding hydrogens is 294 g/mol. The lowest BCUT2D eigenvalue weighted by molar-refractivity contribution is 0.414. The summed E-state index contributed by atoms with van der Waals surface area (Å²) in [5.41, 5.74) is 2.23. The number of nitrogens with one attached hydrogen (secondary N) is 2. The van der Waals surface area contributed by atoms with Crippen molar-refractivity contribution in [2.24, 2.45) is 0 Å². The van der Waals surface area contributed by atoms with Crippen molar-refractivity contribution < 1.29 is 4.74 Å². The Balaban J connectivity index is 2.03. The van der Waals surface area contributed by atoms with Crippen LogP contribution in [0.25, 0.3) is 0 Å². The predicted octanol–water partition coefficient (Wildman–Crippen LogP) is 3.84. The number of anilines is 1. The van der Waals surface area contributed by atoms with E-state index < -0.39 is 0 Å². The van der Waals surface area contributed by atoms with Crippen LogP contribution in [0.5, 0.6) is 5.75 Å². The number of aromatic nitrogens is 1. The normalized spacial score (nSPS) is 11.6. The molecule has 2 N–H and O–H groups in total. The van der Waals surface area contributed by atoms with E-state index in [0.717, 1.165) is 23.6 Å². The van der Waals surface area contributed by atoms with Gasteiger partial charge in [0.25, 0.3) is 0 Å². The molecule has 0 saturated carbocycles. The van der Waals surface area contributed by atoms with Gasteiger partial charge in [-0.15, -0.1) is 0 Å². The molecule has 0 radical (unpaired) electrons. The fourth-order valence-corrected chi connectivity index (χ4v) is 2.41. The number of hydrogen-bond donors (Lipinski definition) is 2. The average Bonchev–Trinajstić information content (AvgIpc) is 2.55. The highest BCUT2D eigenvalue weighted by Crippen LogP contribution is 2.20. The van der Waals surface area contributed by atoms with Crippen LogP contribution in [-0.2, 0) is 0 Å². The summed E-state index contributed by atoms with van der Waals surface area (Å²) in [6.45, 7) is 4.12. The van der Waals surface area contributed by atoms with E-state index in [1.807, 2.05) is 31.2 Å². The molecule has 5 heteroatoms. The van der Waals surface area contributed by atoms with Crippen molar-refractivity contribution in [3.8, 4) is 5.75 Å². The molecule has 116 valence electrons. The van der Waals surface area contributed by atoms with E-state index in [9.17, 15) is 0 Å². The minimum absolute atomic E-state index is 0.148. The maximum absolute atomic E-state index is 5.40. The number of thiocarbonyl (C=S) groups is 1. The first-order valence-electron chi connectivity index (χ1n) is 7.27. The van der Waals surface area contributed by atoms with Gasteiger partial charge in [-0.2, -0.15) is 0 Å². The second-order valence-corrected chi connectivity index (χ2v) is 5.41. The Kier molecular flexibility index (Phi) is 5.72. The topological polar surface area (TPSA) is 46.2 Å². The zero-order valence-electron chi connectivity index (χ0n) is 13.1. The standard InChI is InChI=1S/C17H21N3OS/c1-4-15(13-7-9-14(21-3)10-8-13)19-17(22)20-16-12(2)6-5-11-18-16/h5-11,15H,4H2,1-3H3,(H2,18,19,20,22). The summed E-state index contributed by atoms with van der Waals surface area (Å²) in [7, 11) is 1.67. The lowest BCUT2D eigenvalue weighted by Crippen LogP contribution is -2.32. The van der Waals surface area contributed by atoms with Gasteiger partial charge in [0.1, 0.15) is 11.6 Å². The first-order chi connectivity index (χ1) is 10.6. The highest BCUT2D eigenvalue weighted by Gasteiger charge is 2.11. The second-order valence-electron chi connectivity index (χ2n) is 5.00. The largest absolute Gasteiger partial charge is 0.497 e. The second kappa shape index (κ2) is 7.75. The van der Waals surface area contributed by atoms with Gasteiger partial charge in [0.2, 0.25) is 0 Å². The third kappa shape index (κ3) is 4.18. The molecule has 0 bridgehead atoms. The number of ether oxygens (including phenoxy) is 1. The third-order valence-corrected chi connectivity index (χ3v) is 3.69.